The number of aromatic carboxylic acids is 1. The molecule has 1 aromatic carbocycles. The minimum atomic E-state index is -1.17. The number of nitrogens with zero attached hydrogens (tertiary/aromatic N) is 1. The minimum Gasteiger partial charge on any atom is -0.496 e. The molecule has 0 aliphatic carbocycles. The van der Waals surface area contributed by atoms with Crippen LogP contribution in [-0.4, -0.2) is 23.2 Å². The van der Waals surface area contributed by atoms with Crippen LogP contribution in [0, 0.1) is 5.82 Å². The topological polar surface area (TPSA) is 85.4 Å². The van der Waals surface area contributed by atoms with E-state index in [-0.39, 0.29) is 16.9 Å². The van der Waals surface area contributed by atoms with E-state index < -0.39 is 11.8 Å². The predicted molar refractivity (Wildman–Crippen MR) is 67.6 cm³/mol. The van der Waals surface area contributed by atoms with Gasteiger partial charge in [-0.1, -0.05) is 0 Å². The Kier molecular flexibility index (Phi) is 3.33. The van der Waals surface area contributed by atoms with Crippen LogP contribution in [0.2, 0.25) is 0 Å². The largest absolute Gasteiger partial charge is 0.496 e. The Hall–Kier alpha value is -2.63. The van der Waals surface area contributed by atoms with Crippen molar-refractivity contribution in [2.75, 3.05) is 12.8 Å². The second-order valence-corrected chi connectivity index (χ2v) is 3.80. The van der Waals surface area contributed by atoms with Crippen molar-refractivity contribution in [2.24, 2.45) is 0 Å². The van der Waals surface area contributed by atoms with E-state index in [1.165, 1.54) is 37.6 Å². The third kappa shape index (κ3) is 2.47. The first-order valence-corrected chi connectivity index (χ1v) is 5.35. The summed E-state index contributed by atoms with van der Waals surface area (Å²) < 4.78 is 18.4. The molecule has 19 heavy (non-hydrogen) atoms. The monoisotopic (exact) mass is 262 g/mol. The summed E-state index contributed by atoms with van der Waals surface area (Å²) in [5.74, 6) is -1.23. The minimum absolute atomic E-state index is 0.0589. The Bertz CT molecular complexity index is 644. The maximum Gasteiger partial charge on any atom is 0.336 e. The highest BCUT2D eigenvalue weighted by atomic mass is 19.1. The van der Waals surface area contributed by atoms with E-state index in [9.17, 15) is 9.18 Å². The first-order chi connectivity index (χ1) is 9.02. The highest BCUT2D eigenvalue weighted by Gasteiger charge is 2.17. The Morgan fingerprint density at radius 2 is 2.11 bits per heavy atom. The van der Waals surface area contributed by atoms with Gasteiger partial charge in [-0.25, -0.2) is 14.2 Å². The number of benzene rings is 1. The summed E-state index contributed by atoms with van der Waals surface area (Å²) >= 11 is 0. The van der Waals surface area contributed by atoms with Gasteiger partial charge in [-0.3, -0.25) is 0 Å². The van der Waals surface area contributed by atoms with Crippen LogP contribution in [0.25, 0.3) is 11.1 Å². The number of hydrogen-bond donors (Lipinski definition) is 2. The lowest BCUT2D eigenvalue weighted by molar-refractivity contribution is 0.0697. The van der Waals surface area contributed by atoms with E-state index in [1.807, 2.05) is 0 Å². The molecule has 2 rings (SSSR count). The molecule has 0 saturated heterocycles. The molecule has 6 heteroatoms. The standard InChI is InChI=1S/C13H11FN2O3/c1-19-11-3-2-7(14)4-8(11)10-6-16-12(15)5-9(10)13(17)18/h2-6H,1H3,(H2,15,16)(H,17,18). The van der Waals surface area contributed by atoms with E-state index in [4.69, 9.17) is 15.6 Å². The van der Waals surface area contributed by atoms with Gasteiger partial charge < -0.3 is 15.6 Å². The van der Waals surface area contributed by atoms with Gasteiger partial charge in [-0.05, 0) is 24.3 Å². The molecule has 0 amide bonds. The molecule has 5 nitrogen and oxygen atoms in total. The van der Waals surface area contributed by atoms with E-state index in [0.717, 1.165) is 0 Å². The van der Waals surface area contributed by atoms with Crippen molar-refractivity contribution in [1.82, 2.24) is 4.98 Å². The number of anilines is 1. The number of methoxy groups -OCH3 is 1. The van der Waals surface area contributed by atoms with Gasteiger partial charge in [-0.2, -0.15) is 0 Å². The van der Waals surface area contributed by atoms with E-state index in [0.29, 0.717) is 11.3 Å². The molecule has 0 atom stereocenters. The molecule has 0 radical (unpaired) electrons. The average Bonchev–Trinajstić information content (AvgIpc) is 2.38. The number of hydrogen-bond acceptors (Lipinski definition) is 4. The number of carboxylic acids is 1. The van der Waals surface area contributed by atoms with Crippen LogP contribution in [0.15, 0.2) is 30.5 Å². The number of nitrogens with two attached hydrogens (primary N) is 1. The molecule has 98 valence electrons. The summed E-state index contributed by atoms with van der Waals surface area (Å²) in [6.45, 7) is 0. The number of pyridine rings is 1. The molecule has 3 N–H and O–H groups in total. The zero-order chi connectivity index (χ0) is 14.0. The molecule has 0 spiro atoms. The van der Waals surface area contributed by atoms with Gasteiger partial charge >= 0.3 is 5.97 Å². The summed E-state index contributed by atoms with van der Waals surface area (Å²) in [4.78, 5) is 15.1. The van der Waals surface area contributed by atoms with Crippen molar-refractivity contribution in [1.29, 1.82) is 0 Å². The first-order valence-electron chi connectivity index (χ1n) is 5.35. The number of carbonyl (C=O) groups is 1. The lowest BCUT2D eigenvalue weighted by Gasteiger charge is -2.11. The number of carboxylic acid groups (broad SMARTS) is 1. The van der Waals surface area contributed by atoms with Crippen LogP contribution < -0.4 is 10.5 Å². The Labute approximate surface area is 108 Å². The number of halogens is 1. The highest BCUT2D eigenvalue weighted by molar-refractivity contribution is 5.97. The first kappa shape index (κ1) is 12.8. The lowest BCUT2D eigenvalue weighted by atomic mass is 10.0. The van der Waals surface area contributed by atoms with Gasteiger partial charge in [0.1, 0.15) is 17.4 Å². The quantitative estimate of drug-likeness (QED) is 0.885. The van der Waals surface area contributed by atoms with E-state index >= 15 is 0 Å². The van der Waals surface area contributed by atoms with Gasteiger partial charge in [0.15, 0.2) is 0 Å². The Balaban J connectivity index is 2.71. The molecule has 0 unspecified atom stereocenters. The fourth-order valence-corrected chi connectivity index (χ4v) is 1.75. The second kappa shape index (κ2) is 4.93. The molecule has 0 aliphatic heterocycles. The molecule has 2 aromatic rings. The van der Waals surface area contributed by atoms with Gasteiger partial charge in [0, 0.05) is 17.3 Å². The SMILES string of the molecule is COc1ccc(F)cc1-c1cnc(N)cc1C(=O)O. The van der Waals surface area contributed by atoms with Crippen molar-refractivity contribution in [3.05, 3.63) is 41.8 Å². The van der Waals surface area contributed by atoms with E-state index in [1.54, 1.807) is 0 Å². The normalized spacial score (nSPS) is 10.2. The van der Waals surface area contributed by atoms with Crippen LogP contribution >= 0.6 is 0 Å². The lowest BCUT2D eigenvalue weighted by Crippen LogP contribution is -2.03. The summed E-state index contributed by atoms with van der Waals surface area (Å²) in [6.07, 6.45) is 1.29. The number of nitrogen functional groups attached to an aromatic ring is 1. The summed E-state index contributed by atoms with van der Waals surface area (Å²) in [6, 6.07) is 5.07. The van der Waals surface area contributed by atoms with Crippen LogP contribution in [0.1, 0.15) is 10.4 Å². The van der Waals surface area contributed by atoms with Gasteiger partial charge in [0.2, 0.25) is 0 Å². The third-order valence-electron chi connectivity index (χ3n) is 2.61. The molecule has 0 bridgehead atoms. The van der Waals surface area contributed by atoms with Gasteiger partial charge in [-0.15, -0.1) is 0 Å². The summed E-state index contributed by atoms with van der Waals surface area (Å²) in [5.41, 5.74) is 5.97. The fraction of sp³-hybridized carbons (Fsp3) is 0.0769. The van der Waals surface area contributed by atoms with E-state index in [2.05, 4.69) is 4.98 Å². The number of ether oxygens (including phenoxy) is 1. The van der Waals surface area contributed by atoms with Crippen LogP contribution in [0.5, 0.6) is 5.75 Å². The molecule has 0 aliphatic rings. The van der Waals surface area contributed by atoms with Crippen molar-refractivity contribution < 1.29 is 19.0 Å². The summed E-state index contributed by atoms with van der Waals surface area (Å²) in [7, 11) is 1.42. The zero-order valence-electron chi connectivity index (χ0n) is 10.1. The van der Waals surface area contributed by atoms with Crippen molar-refractivity contribution >= 4 is 11.8 Å². The smallest absolute Gasteiger partial charge is 0.336 e. The number of aromatic nitrogens is 1. The number of rotatable bonds is 3. The predicted octanol–water partition coefficient (Wildman–Crippen LogP) is 2.18. The van der Waals surface area contributed by atoms with Crippen molar-refractivity contribution in [2.45, 2.75) is 0 Å². The maximum absolute atomic E-state index is 13.3. The average molecular weight is 262 g/mol. The second-order valence-electron chi connectivity index (χ2n) is 3.80. The zero-order valence-corrected chi connectivity index (χ0v) is 10.1. The Morgan fingerprint density at radius 1 is 1.37 bits per heavy atom. The van der Waals surface area contributed by atoms with Crippen molar-refractivity contribution in [3.8, 4) is 16.9 Å². The maximum atomic E-state index is 13.3. The molecule has 1 heterocycles. The Morgan fingerprint density at radius 3 is 2.74 bits per heavy atom. The molecular formula is C13H11FN2O3. The molecular weight excluding hydrogens is 251 g/mol. The van der Waals surface area contributed by atoms with Gasteiger partial charge in [0.25, 0.3) is 0 Å². The molecule has 1 aromatic heterocycles. The van der Waals surface area contributed by atoms with Gasteiger partial charge in [0.05, 0.1) is 12.7 Å². The van der Waals surface area contributed by atoms with Crippen LogP contribution in [-0.2, 0) is 0 Å². The van der Waals surface area contributed by atoms with Crippen LogP contribution in [0.4, 0.5) is 10.2 Å². The molecule has 0 saturated carbocycles. The molecule has 0 fully saturated rings. The highest BCUT2D eigenvalue weighted by Crippen LogP contribution is 2.33. The third-order valence-corrected chi connectivity index (χ3v) is 2.61. The van der Waals surface area contributed by atoms with Crippen LogP contribution in [0.3, 0.4) is 0 Å². The van der Waals surface area contributed by atoms with Crippen molar-refractivity contribution in [3.63, 3.8) is 0 Å². The fourth-order valence-electron chi connectivity index (χ4n) is 1.75. The summed E-state index contributed by atoms with van der Waals surface area (Å²) in [5, 5.41) is 9.17.